The van der Waals surface area contributed by atoms with Crippen molar-refractivity contribution in [3.05, 3.63) is 53.6 Å². The zero-order chi connectivity index (χ0) is 18.4. The second-order valence-electron chi connectivity index (χ2n) is 5.65. The summed E-state index contributed by atoms with van der Waals surface area (Å²) in [5, 5.41) is 2.59. The SMILES string of the molecule is Cc1ccc(NC(=O)CCc2ccccc2N)c(OCC(F)(F)F)c1.Cl. The summed E-state index contributed by atoms with van der Waals surface area (Å²) in [6, 6.07) is 11.9. The van der Waals surface area contributed by atoms with E-state index in [1.54, 1.807) is 25.1 Å². The number of nitrogens with one attached hydrogen (secondary N) is 1. The molecule has 3 N–H and O–H groups in total. The van der Waals surface area contributed by atoms with Crippen molar-refractivity contribution in [3.63, 3.8) is 0 Å². The highest BCUT2D eigenvalue weighted by Crippen LogP contribution is 2.28. The monoisotopic (exact) mass is 388 g/mol. The van der Waals surface area contributed by atoms with Crippen molar-refractivity contribution < 1.29 is 22.7 Å². The highest BCUT2D eigenvalue weighted by molar-refractivity contribution is 5.92. The van der Waals surface area contributed by atoms with Crippen LogP contribution >= 0.6 is 12.4 Å². The van der Waals surface area contributed by atoms with E-state index in [0.29, 0.717) is 12.1 Å². The Morgan fingerprint density at radius 3 is 2.54 bits per heavy atom. The molecule has 26 heavy (non-hydrogen) atoms. The van der Waals surface area contributed by atoms with E-state index < -0.39 is 12.8 Å². The van der Waals surface area contributed by atoms with Crippen LogP contribution in [-0.4, -0.2) is 18.7 Å². The molecule has 1 amide bonds. The smallest absolute Gasteiger partial charge is 0.422 e. The molecule has 4 nitrogen and oxygen atoms in total. The Bertz CT molecular complexity index is 751. The minimum atomic E-state index is -4.45. The summed E-state index contributed by atoms with van der Waals surface area (Å²) in [4.78, 5) is 12.1. The molecule has 8 heteroatoms. The lowest BCUT2D eigenvalue weighted by Gasteiger charge is -2.15. The molecule has 2 aromatic carbocycles. The normalized spacial score (nSPS) is 10.8. The first kappa shape index (κ1) is 21.6. The minimum Gasteiger partial charge on any atom is -0.482 e. The predicted molar refractivity (Wildman–Crippen MR) is 97.8 cm³/mol. The number of halogens is 4. The van der Waals surface area contributed by atoms with Crippen LogP contribution in [0.3, 0.4) is 0 Å². The predicted octanol–water partition coefficient (Wildman–Crippen LogP) is 4.51. The maximum Gasteiger partial charge on any atom is 0.422 e. The van der Waals surface area contributed by atoms with Gasteiger partial charge in [-0.25, -0.2) is 0 Å². The standard InChI is InChI=1S/C18H19F3N2O2.ClH/c1-12-6-8-15(16(10-12)25-11-18(19,20)21)23-17(24)9-7-13-4-2-3-5-14(13)22;/h2-6,8,10H,7,9,11,22H2,1H3,(H,23,24);1H. The summed E-state index contributed by atoms with van der Waals surface area (Å²) >= 11 is 0. The molecular formula is C18H20ClF3N2O2. The van der Waals surface area contributed by atoms with Crippen LogP contribution in [-0.2, 0) is 11.2 Å². The first-order valence-corrected chi connectivity index (χ1v) is 7.68. The van der Waals surface area contributed by atoms with Crippen LogP contribution < -0.4 is 15.8 Å². The Kier molecular flexibility index (Phi) is 7.76. The lowest BCUT2D eigenvalue weighted by atomic mass is 10.1. The molecule has 0 heterocycles. The van der Waals surface area contributed by atoms with Crippen LogP contribution in [0.1, 0.15) is 17.5 Å². The van der Waals surface area contributed by atoms with E-state index in [0.717, 1.165) is 11.1 Å². The highest BCUT2D eigenvalue weighted by Gasteiger charge is 2.29. The van der Waals surface area contributed by atoms with Gasteiger partial charge in [0.05, 0.1) is 5.69 Å². The van der Waals surface area contributed by atoms with E-state index in [4.69, 9.17) is 10.5 Å². The summed E-state index contributed by atoms with van der Waals surface area (Å²) < 4.78 is 41.9. The maximum atomic E-state index is 12.4. The third-order valence-corrected chi connectivity index (χ3v) is 3.48. The quantitative estimate of drug-likeness (QED) is 0.715. The number of anilines is 2. The number of benzene rings is 2. The number of nitrogens with two attached hydrogens (primary N) is 1. The van der Waals surface area contributed by atoms with E-state index in [9.17, 15) is 18.0 Å². The molecule has 0 saturated carbocycles. The van der Waals surface area contributed by atoms with Crippen LogP contribution in [0.25, 0.3) is 0 Å². The van der Waals surface area contributed by atoms with Crippen LogP contribution in [0.4, 0.5) is 24.5 Å². The Labute approximate surface area is 155 Å². The van der Waals surface area contributed by atoms with E-state index in [2.05, 4.69) is 5.32 Å². The summed E-state index contributed by atoms with van der Waals surface area (Å²) in [5.41, 5.74) is 8.20. The average molecular weight is 389 g/mol. The van der Waals surface area contributed by atoms with Gasteiger partial charge in [-0.3, -0.25) is 4.79 Å². The summed E-state index contributed by atoms with van der Waals surface area (Å²) in [6.45, 7) is 0.310. The van der Waals surface area contributed by atoms with Gasteiger partial charge in [0.15, 0.2) is 6.61 Å². The van der Waals surface area contributed by atoms with Crippen molar-refractivity contribution >= 4 is 29.7 Å². The van der Waals surface area contributed by atoms with Gasteiger partial charge in [0, 0.05) is 12.1 Å². The summed E-state index contributed by atoms with van der Waals surface area (Å²) in [7, 11) is 0. The van der Waals surface area contributed by atoms with Gasteiger partial charge in [-0.1, -0.05) is 24.3 Å². The van der Waals surface area contributed by atoms with Gasteiger partial charge in [0.2, 0.25) is 5.91 Å². The van der Waals surface area contributed by atoms with Crippen molar-refractivity contribution in [2.45, 2.75) is 25.9 Å². The first-order chi connectivity index (χ1) is 11.7. The van der Waals surface area contributed by atoms with Gasteiger partial charge in [-0.15, -0.1) is 12.4 Å². The molecule has 0 spiro atoms. The third-order valence-electron chi connectivity index (χ3n) is 3.48. The number of rotatable bonds is 6. The van der Waals surface area contributed by atoms with Gasteiger partial charge in [-0.2, -0.15) is 13.2 Å². The molecular weight excluding hydrogens is 369 g/mol. The summed E-state index contributed by atoms with van der Waals surface area (Å²) in [6.07, 6.45) is -3.86. The van der Waals surface area contributed by atoms with Crippen molar-refractivity contribution in [2.75, 3.05) is 17.7 Å². The molecule has 0 atom stereocenters. The fourth-order valence-electron chi connectivity index (χ4n) is 2.23. The number of hydrogen-bond acceptors (Lipinski definition) is 3. The van der Waals surface area contributed by atoms with E-state index in [-0.39, 0.29) is 36.2 Å². The van der Waals surface area contributed by atoms with E-state index in [1.165, 1.54) is 12.1 Å². The van der Waals surface area contributed by atoms with Crippen LogP contribution in [0.2, 0.25) is 0 Å². The molecule has 0 bridgehead atoms. The van der Waals surface area contributed by atoms with Crippen molar-refractivity contribution in [2.24, 2.45) is 0 Å². The van der Waals surface area contributed by atoms with Crippen LogP contribution in [0.15, 0.2) is 42.5 Å². The number of para-hydroxylation sites is 1. The van der Waals surface area contributed by atoms with Crippen molar-refractivity contribution in [1.82, 2.24) is 0 Å². The number of hydrogen-bond donors (Lipinski definition) is 2. The van der Waals surface area contributed by atoms with E-state index in [1.807, 2.05) is 12.1 Å². The van der Waals surface area contributed by atoms with Gasteiger partial charge in [-0.05, 0) is 42.7 Å². The molecule has 2 aromatic rings. The number of carbonyl (C=O) groups is 1. The number of nitrogen functional groups attached to an aromatic ring is 1. The molecule has 0 aliphatic heterocycles. The largest absolute Gasteiger partial charge is 0.482 e. The third kappa shape index (κ3) is 6.84. The van der Waals surface area contributed by atoms with Gasteiger partial charge >= 0.3 is 6.18 Å². The van der Waals surface area contributed by atoms with Gasteiger partial charge < -0.3 is 15.8 Å². The topological polar surface area (TPSA) is 64.4 Å². The molecule has 0 aliphatic carbocycles. The average Bonchev–Trinajstić information content (AvgIpc) is 2.53. The molecule has 0 fully saturated rings. The Balaban J connectivity index is 0.00000338. The Morgan fingerprint density at radius 1 is 1.19 bits per heavy atom. The molecule has 142 valence electrons. The van der Waals surface area contributed by atoms with Crippen molar-refractivity contribution in [1.29, 1.82) is 0 Å². The Morgan fingerprint density at radius 2 is 1.88 bits per heavy atom. The second-order valence-corrected chi connectivity index (χ2v) is 5.65. The molecule has 0 unspecified atom stereocenters. The molecule has 2 rings (SSSR count). The highest BCUT2D eigenvalue weighted by atomic mass is 35.5. The maximum absolute atomic E-state index is 12.4. The number of carbonyl (C=O) groups excluding carboxylic acids is 1. The lowest BCUT2D eigenvalue weighted by molar-refractivity contribution is -0.153. The Hall–Kier alpha value is -2.41. The molecule has 0 saturated heterocycles. The first-order valence-electron chi connectivity index (χ1n) is 7.68. The summed E-state index contributed by atoms with van der Waals surface area (Å²) in [5.74, 6) is -0.339. The zero-order valence-electron chi connectivity index (χ0n) is 14.1. The number of aryl methyl sites for hydroxylation is 2. The lowest BCUT2D eigenvalue weighted by Crippen LogP contribution is -2.20. The number of amides is 1. The molecule has 0 radical (unpaired) electrons. The zero-order valence-corrected chi connectivity index (χ0v) is 14.9. The van der Waals surface area contributed by atoms with E-state index >= 15 is 0 Å². The minimum absolute atomic E-state index is 0. The number of ether oxygens (including phenoxy) is 1. The van der Waals surface area contributed by atoms with Crippen LogP contribution in [0, 0.1) is 6.92 Å². The van der Waals surface area contributed by atoms with Crippen molar-refractivity contribution in [3.8, 4) is 5.75 Å². The number of alkyl halides is 3. The molecule has 0 aliphatic rings. The fourth-order valence-corrected chi connectivity index (χ4v) is 2.23. The van der Waals surface area contributed by atoms with Gasteiger partial charge in [0.25, 0.3) is 0 Å². The molecule has 0 aromatic heterocycles. The fraction of sp³-hybridized carbons (Fsp3) is 0.278. The van der Waals surface area contributed by atoms with Crippen LogP contribution in [0.5, 0.6) is 5.75 Å². The second kappa shape index (κ2) is 9.33. The van der Waals surface area contributed by atoms with Gasteiger partial charge in [0.1, 0.15) is 5.75 Å².